The first kappa shape index (κ1) is 29.8. The molecule has 36 heavy (non-hydrogen) atoms. The van der Waals surface area contributed by atoms with Crippen molar-refractivity contribution in [3.8, 4) is 0 Å². The highest BCUT2D eigenvalue weighted by molar-refractivity contribution is 5.60. The van der Waals surface area contributed by atoms with Crippen molar-refractivity contribution in [3.63, 3.8) is 0 Å². The Balaban J connectivity index is 1.40. The predicted molar refractivity (Wildman–Crippen MR) is 151 cm³/mol. The molecule has 3 aliphatic carbocycles. The molecule has 0 spiro atoms. The van der Waals surface area contributed by atoms with Crippen molar-refractivity contribution in [1.29, 1.82) is 0 Å². The Morgan fingerprint density at radius 2 is 1.14 bits per heavy atom. The Hall–Kier alpha value is -0.730. The van der Waals surface area contributed by atoms with Gasteiger partial charge in [-0.3, -0.25) is 0 Å². The topological polar surface area (TPSA) is 35.5 Å². The standard InChI is InChI=1S/C33H60O3/c1-4-6-8-9-10-12-28-17-19-30(20-18-28)31-22-25-33(26-23-31,36-32(34)35-3)24-21-29-15-13-27(14-16-29)11-7-5-2/h27-31H,4-26H2,1-3H3/t27-,28?,29-,30?,31?,33?. The quantitative estimate of drug-likeness (QED) is 0.174. The number of hydrogen-bond donors (Lipinski definition) is 0. The highest BCUT2D eigenvalue weighted by Gasteiger charge is 2.42. The van der Waals surface area contributed by atoms with Gasteiger partial charge in [0.1, 0.15) is 5.60 Å². The summed E-state index contributed by atoms with van der Waals surface area (Å²) < 4.78 is 11.0. The minimum absolute atomic E-state index is 0.266. The monoisotopic (exact) mass is 504 g/mol. The molecule has 0 unspecified atom stereocenters. The van der Waals surface area contributed by atoms with Crippen LogP contribution in [0.4, 0.5) is 4.79 Å². The predicted octanol–water partition coefficient (Wildman–Crippen LogP) is 10.6. The average Bonchev–Trinajstić information content (AvgIpc) is 2.92. The fourth-order valence-corrected chi connectivity index (χ4v) is 8.01. The molecule has 3 fully saturated rings. The van der Waals surface area contributed by atoms with E-state index in [0.717, 1.165) is 48.9 Å². The second-order valence-electron chi connectivity index (χ2n) is 13.1. The van der Waals surface area contributed by atoms with E-state index in [2.05, 4.69) is 13.8 Å². The maximum atomic E-state index is 12.2. The van der Waals surface area contributed by atoms with Gasteiger partial charge in [0.25, 0.3) is 0 Å². The molecule has 3 heteroatoms. The second kappa shape index (κ2) is 16.3. The van der Waals surface area contributed by atoms with Gasteiger partial charge in [0, 0.05) is 0 Å². The fraction of sp³-hybridized carbons (Fsp3) is 0.970. The van der Waals surface area contributed by atoms with E-state index in [1.807, 2.05) is 0 Å². The largest absolute Gasteiger partial charge is 0.508 e. The zero-order valence-corrected chi connectivity index (χ0v) is 24.4. The highest BCUT2D eigenvalue weighted by Crippen LogP contribution is 2.47. The van der Waals surface area contributed by atoms with Crippen LogP contribution >= 0.6 is 0 Å². The highest BCUT2D eigenvalue weighted by atomic mass is 16.7. The molecule has 0 radical (unpaired) electrons. The molecule has 0 amide bonds. The van der Waals surface area contributed by atoms with Crippen LogP contribution in [0.3, 0.4) is 0 Å². The second-order valence-corrected chi connectivity index (χ2v) is 13.1. The van der Waals surface area contributed by atoms with Crippen LogP contribution in [0.5, 0.6) is 0 Å². The van der Waals surface area contributed by atoms with E-state index in [9.17, 15) is 4.79 Å². The van der Waals surface area contributed by atoms with Crippen LogP contribution in [0.15, 0.2) is 0 Å². The first-order valence-electron chi connectivity index (χ1n) is 16.3. The van der Waals surface area contributed by atoms with Gasteiger partial charge in [-0.15, -0.1) is 0 Å². The Labute approximate surface area is 224 Å². The normalized spacial score (nSPS) is 33.2. The number of carbonyl (C=O) groups is 1. The zero-order chi connectivity index (χ0) is 25.6. The lowest BCUT2D eigenvalue weighted by Crippen LogP contribution is -2.41. The van der Waals surface area contributed by atoms with Crippen molar-refractivity contribution in [3.05, 3.63) is 0 Å². The number of hydrogen-bond acceptors (Lipinski definition) is 3. The van der Waals surface area contributed by atoms with Gasteiger partial charge in [-0.25, -0.2) is 4.79 Å². The van der Waals surface area contributed by atoms with E-state index in [1.165, 1.54) is 136 Å². The van der Waals surface area contributed by atoms with Crippen LogP contribution in [0.25, 0.3) is 0 Å². The van der Waals surface area contributed by atoms with Gasteiger partial charge in [-0.1, -0.05) is 110 Å². The number of carbonyl (C=O) groups excluding carboxylic acids is 1. The smallest absolute Gasteiger partial charge is 0.438 e. The molecule has 0 saturated heterocycles. The van der Waals surface area contributed by atoms with E-state index in [0.29, 0.717) is 0 Å². The third-order valence-corrected chi connectivity index (χ3v) is 10.6. The van der Waals surface area contributed by atoms with Crippen molar-refractivity contribution in [2.45, 2.75) is 167 Å². The molecular weight excluding hydrogens is 444 g/mol. The van der Waals surface area contributed by atoms with Gasteiger partial charge in [-0.2, -0.15) is 0 Å². The van der Waals surface area contributed by atoms with E-state index >= 15 is 0 Å². The lowest BCUT2D eigenvalue weighted by molar-refractivity contribution is -0.0701. The number of rotatable bonds is 14. The number of ether oxygens (including phenoxy) is 2. The number of unbranched alkanes of at least 4 members (excludes halogenated alkanes) is 5. The van der Waals surface area contributed by atoms with Crippen LogP contribution < -0.4 is 0 Å². The van der Waals surface area contributed by atoms with E-state index in [-0.39, 0.29) is 5.60 Å². The fourth-order valence-electron chi connectivity index (χ4n) is 8.01. The molecule has 0 aromatic carbocycles. The van der Waals surface area contributed by atoms with Crippen LogP contribution in [-0.2, 0) is 9.47 Å². The SMILES string of the molecule is CCCCCCCC1CCC(C2CCC(CC[C@H]3CC[C@H](CCCC)CC3)(OC(=O)OC)CC2)CC1. The maximum Gasteiger partial charge on any atom is 0.508 e. The van der Waals surface area contributed by atoms with Gasteiger partial charge >= 0.3 is 6.16 Å². The van der Waals surface area contributed by atoms with Crippen LogP contribution in [0, 0.1) is 29.6 Å². The molecule has 210 valence electrons. The molecule has 0 aromatic heterocycles. The van der Waals surface area contributed by atoms with Crippen molar-refractivity contribution >= 4 is 6.16 Å². The van der Waals surface area contributed by atoms with Crippen molar-refractivity contribution in [1.82, 2.24) is 0 Å². The van der Waals surface area contributed by atoms with Gasteiger partial charge < -0.3 is 9.47 Å². The summed E-state index contributed by atoms with van der Waals surface area (Å²) in [4.78, 5) is 12.2. The summed E-state index contributed by atoms with van der Waals surface area (Å²) in [5.74, 6) is 4.55. The third kappa shape index (κ3) is 9.86. The van der Waals surface area contributed by atoms with E-state index in [4.69, 9.17) is 9.47 Å². The lowest BCUT2D eigenvalue weighted by Gasteiger charge is -2.43. The maximum absolute atomic E-state index is 12.2. The Morgan fingerprint density at radius 1 is 0.639 bits per heavy atom. The summed E-state index contributed by atoms with van der Waals surface area (Å²) >= 11 is 0. The Bertz CT molecular complexity index is 578. The molecule has 3 aliphatic rings. The number of methoxy groups -OCH3 is 1. The third-order valence-electron chi connectivity index (χ3n) is 10.6. The molecule has 0 atom stereocenters. The Kier molecular flexibility index (Phi) is 13.5. The van der Waals surface area contributed by atoms with Gasteiger partial charge in [0.2, 0.25) is 0 Å². The van der Waals surface area contributed by atoms with Crippen molar-refractivity contribution in [2.75, 3.05) is 7.11 Å². The minimum Gasteiger partial charge on any atom is -0.438 e. The summed E-state index contributed by atoms with van der Waals surface area (Å²) in [6.07, 6.45) is 30.5. The van der Waals surface area contributed by atoms with E-state index < -0.39 is 6.16 Å². The summed E-state index contributed by atoms with van der Waals surface area (Å²) in [6.45, 7) is 4.61. The van der Waals surface area contributed by atoms with Crippen molar-refractivity contribution in [2.24, 2.45) is 29.6 Å². The summed E-state index contributed by atoms with van der Waals surface area (Å²) in [7, 11) is 1.46. The molecule has 0 N–H and O–H groups in total. The van der Waals surface area contributed by atoms with Crippen LogP contribution in [-0.4, -0.2) is 18.9 Å². The van der Waals surface area contributed by atoms with Crippen molar-refractivity contribution < 1.29 is 14.3 Å². The zero-order valence-electron chi connectivity index (χ0n) is 24.4. The minimum atomic E-state index is -0.462. The molecule has 0 aliphatic heterocycles. The molecule has 3 rings (SSSR count). The molecule has 3 saturated carbocycles. The molecule has 0 heterocycles. The van der Waals surface area contributed by atoms with Gasteiger partial charge in [0.15, 0.2) is 0 Å². The lowest BCUT2D eigenvalue weighted by atomic mass is 9.66. The van der Waals surface area contributed by atoms with E-state index in [1.54, 1.807) is 0 Å². The van der Waals surface area contributed by atoms with Crippen LogP contribution in [0.1, 0.15) is 162 Å². The summed E-state index contributed by atoms with van der Waals surface area (Å²) in [5, 5.41) is 0. The van der Waals surface area contributed by atoms with Gasteiger partial charge in [-0.05, 0) is 81.0 Å². The average molecular weight is 505 g/mol. The summed E-state index contributed by atoms with van der Waals surface area (Å²) in [6, 6.07) is 0. The first-order chi connectivity index (χ1) is 17.6. The summed E-state index contributed by atoms with van der Waals surface area (Å²) in [5.41, 5.74) is -0.266. The van der Waals surface area contributed by atoms with Gasteiger partial charge in [0.05, 0.1) is 7.11 Å². The first-order valence-corrected chi connectivity index (χ1v) is 16.3. The van der Waals surface area contributed by atoms with Crippen LogP contribution in [0.2, 0.25) is 0 Å². The Morgan fingerprint density at radius 3 is 1.72 bits per heavy atom. The molecule has 0 bridgehead atoms. The molecule has 0 aromatic rings. The molecule has 3 nitrogen and oxygen atoms in total. The molecular formula is C33H60O3.